The molecule has 9 heteroatoms. The summed E-state index contributed by atoms with van der Waals surface area (Å²) < 4.78 is 13.9. The topological polar surface area (TPSA) is 131 Å². The predicted molar refractivity (Wildman–Crippen MR) is 125 cm³/mol. The minimum Gasteiger partial charge on any atom is -0.478 e. The summed E-state index contributed by atoms with van der Waals surface area (Å²) >= 11 is 0. The SMILES string of the molecule is N#Cc1c(-c2ccccc2)nc(NN=Cc2ccc(-c3ccc(C(=O)O)c(F)c3)cc2)[nH]c1=O. The molecule has 0 aliphatic rings. The van der Waals surface area contributed by atoms with Crippen molar-refractivity contribution in [2.24, 2.45) is 5.10 Å². The van der Waals surface area contributed by atoms with Gasteiger partial charge < -0.3 is 5.11 Å². The maximum absolute atomic E-state index is 13.9. The summed E-state index contributed by atoms with van der Waals surface area (Å²) in [5, 5.41) is 22.3. The number of H-pyrrole nitrogens is 1. The van der Waals surface area contributed by atoms with E-state index in [-0.39, 0.29) is 22.8 Å². The minimum atomic E-state index is -1.32. The number of nitriles is 1. The van der Waals surface area contributed by atoms with Gasteiger partial charge in [0.05, 0.1) is 17.5 Å². The molecule has 0 saturated carbocycles. The molecule has 3 aromatic carbocycles. The number of aromatic amines is 1. The van der Waals surface area contributed by atoms with Crippen LogP contribution in [0.2, 0.25) is 0 Å². The zero-order valence-electron chi connectivity index (χ0n) is 17.5. The number of carboxylic acids is 1. The maximum Gasteiger partial charge on any atom is 0.338 e. The van der Waals surface area contributed by atoms with Crippen LogP contribution < -0.4 is 11.0 Å². The average molecular weight is 453 g/mol. The molecule has 1 aromatic heterocycles. The van der Waals surface area contributed by atoms with Crippen molar-refractivity contribution in [1.29, 1.82) is 5.26 Å². The maximum atomic E-state index is 13.9. The fraction of sp³-hybridized carbons (Fsp3) is 0. The Labute approximate surface area is 192 Å². The molecular formula is C25H16FN5O3. The number of carboxylic acid groups (broad SMARTS) is 1. The molecule has 0 unspecified atom stereocenters. The highest BCUT2D eigenvalue weighted by molar-refractivity contribution is 5.89. The third-order valence-electron chi connectivity index (χ3n) is 4.91. The number of anilines is 1. The first-order chi connectivity index (χ1) is 16.5. The van der Waals surface area contributed by atoms with Gasteiger partial charge in [-0.15, -0.1) is 0 Å². The Kier molecular flexibility index (Phi) is 6.23. The summed E-state index contributed by atoms with van der Waals surface area (Å²) in [7, 11) is 0. The zero-order chi connectivity index (χ0) is 24.1. The highest BCUT2D eigenvalue weighted by Crippen LogP contribution is 2.23. The monoisotopic (exact) mass is 453 g/mol. The fourth-order valence-electron chi connectivity index (χ4n) is 3.23. The highest BCUT2D eigenvalue weighted by Gasteiger charge is 2.13. The van der Waals surface area contributed by atoms with Gasteiger partial charge in [-0.05, 0) is 28.8 Å². The quantitative estimate of drug-likeness (QED) is 0.295. The zero-order valence-corrected chi connectivity index (χ0v) is 17.5. The lowest BCUT2D eigenvalue weighted by molar-refractivity contribution is 0.0692. The van der Waals surface area contributed by atoms with Gasteiger partial charge in [0.25, 0.3) is 5.56 Å². The molecule has 3 N–H and O–H groups in total. The average Bonchev–Trinajstić information content (AvgIpc) is 2.84. The van der Waals surface area contributed by atoms with Crippen molar-refractivity contribution in [2.75, 3.05) is 5.43 Å². The number of aromatic carboxylic acids is 1. The molecule has 0 aliphatic carbocycles. The van der Waals surface area contributed by atoms with Crippen molar-refractivity contribution in [1.82, 2.24) is 9.97 Å². The van der Waals surface area contributed by atoms with Crippen LogP contribution in [0.25, 0.3) is 22.4 Å². The first-order valence-corrected chi connectivity index (χ1v) is 9.98. The number of halogens is 1. The summed E-state index contributed by atoms with van der Waals surface area (Å²) in [5.74, 6) is -2.06. The minimum absolute atomic E-state index is 0.0738. The lowest BCUT2D eigenvalue weighted by Crippen LogP contribution is -2.16. The van der Waals surface area contributed by atoms with E-state index in [2.05, 4.69) is 20.5 Å². The Hall–Kier alpha value is -5.10. The molecule has 0 aliphatic heterocycles. The largest absolute Gasteiger partial charge is 0.478 e. The summed E-state index contributed by atoms with van der Waals surface area (Å²) in [6, 6.07) is 21.7. The van der Waals surface area contributed by atoms with Gasteiger partial charge >= 0.3 is 5.97 Å². The van der Waals surface area contributed by atoms with Crippen molar-refractivity contribution in [3.63, 3.8) is 0 Å². The third-order valence-corrected chi connectivity index (χ3v) is 4.91. The number of benzene rings is 3. The van der Waals surface area contributed by atoms with Crippen molar-refractivity contribution in [3.8, 4) is 28.5 Å². The second-order valence-electron chi connectivity index (χ2n) is 7.11. The Morgan fingerprint density at radius 2 is 1.76 bits per heavy atom. The van der Waals surface area contributed by atoms with E-state index in [1.165, 1.54) is 24.4 Å². The van der Waals surface area contributed by atoms with Crippen LogP contribution in [0.4, 0.5) is 10.3 Å². The molecule has 4 aromatic rings. The van der Waals surface area contributed by atoms with Crippen molar-refractivity contribution in [2.45, 2.75) is 0 Å². The Morgan fingerprint density at radius 1 is 1.06 bits per heavy atom. The number of rotatable bonds is 6. The van der Waals surface area contributed by atoms with Crippen molar-refractivity contribution < 1.29 is 14.3 Å². The molecule has 34 heavy (non-hydrogen) atoms. The van der Waals surface area contributed by atoms with E-state index in [1.807, 2.05) is 12.1 Å². The lowest BCUT2D eigenvalue weighted by atomic mass is 10.0. The van der Waals surface area contributed by atoms with Crippen LogP contribution in [0.15, 0.2) is 82.7 Å². The number of nitrogens with one attached hydrogen (secondary N) is 2. The fourth-order valence-corrected chi connectivity index (χ4v) is 3.23. The van der Waals surface area contributed by atoms with Crippen LogP contribution in [0.3, 0.4) is 0 Å². The molecule has 4 rings (SSSR count). The van der Waals surface area contributed by atoms with E-state index in [1.54, 1.807) is 48.5 Å². The number of hydrogen-bond donors (Lipinski definition) is 3. The number of aromatic nitrogens is 2. The van der Waals surface area contributed by atoms with Crippen molar-refractivity contribution in [3.05, 3.63) is 106 Å². The first kappa shape index (κ1) is 22.1. The van der Waals surface area contributed by atoms with Gasteiger partial charge in [0.1, 0.15) is 17.4 Å². The van der Waals surface area contributed by atoms with Crippen LogP contribution in [0.5, 0.6) is 0 Å². The highest BCUT2D eigenvalue weighted by atomic mass is 19.1. The van der Waals surface area contributed by atoms with E-state index < -0.39 is 17.3 Å². The molecular weight excluding hydrogens is 437 g/mol. The van der Waals surface area contributed by atoms with E-state index in [9.17, 15) is 19.2 Å². The normalized spacial score (nSPS) is 10.7. The summed E-state index contributed by atoms with van der Waals surface area (Å²) in [6.45, 7) is 0. The van der Waals surface area contributed by atoms with Gasteiger partial charge in [0.15, 0.2) is 0 Å². The third kappa shape index (κ3) is 4.71. The Bertz CT molecular complexity index is 1490. The van der Waals surface area contributed by atoms with Gasteiger partial charge in [-0.25, -0.2) is 19.6 Å². The van der Waals surface area contributed by atoms with Crippen LogP contribution >= 0.6 is 0 Å². The Balaban J connectivity index is 1.52. The van der Waals surface area contributed by atoms with Crippen LogP contribution in [0.1, 0.15) is 21.5 Å². The number of hydrogen-bond acceptors (Lipinski definition) is 6. The van der Waals surface area contributed by atoms with Crippen LogP contribution in [-0.2, 0) is 0 Å². The molecule has 166 valence electrons. The summed E-state index contributed by atoms with van der Waals surface area (Å²) in [4.78, 5) is 30.0. The summed E-state index contributed by atoms with van der Waals surface area (Å²) in [5.41, 5.74) is 4.41. The summed E-state index contributed by atoms with van der Waals surface area (Å²) in [6.07, 6.45) is 1.50. The smallest absolute Gasteiger partial charge is 0.338 e. The van der Waals surface area contributed by atoms with Gasteiger partial charge in [-0.1, -0.05) is 60.7 Å². The lowest BCUT2D eigenvalue weighted by Gasteiger charge is -2.06. The van der Waals surface area contributed by atoms with Crippen LogP contribution in [-0.4, -0.2) is 27.3 Å². The van der Waals surface area contributed by atoms with Crippen molar-refractivity contribution >= 4 is 18.1 Å². The van der Waals surface area contributed by atoms with Gasteiger partial charge in [0.2, 0.25) is 5.95 Å². The van der Waals surface area contributed by atoms with E-state index in [0.29, 0.717) is 22.3 Å². The molecule has 0 radical (unpaired) electrons. The molecule has 0 bridgehead atoms. The standard InChI is InChI=1S/C25H16FN5O3/c26-21-12-18(10-11-19(21)24(33)34)16-8-6-15(7-9-16)14-28-31-25-29-22(17-4-2-1-3-5-17)20(13-27)23(32)30-25/h1-12,14H,(H,33,34)(H2,29,30,31,32). The molecule has 0 saturated heterocycles. The Morgan fingerprint density at radius 3 is 2.41 bits per heavy atom. The van der Waals surface area contributed by atoms with E-state index >= 15 is 0 Å². The second-order valence-corrected chi connectivity index (χ2v) is 7.11. The molecule has 1 heterocycles. The molecule has 8 nitrogen and oxygen atoms in total. The van der Waals surface area contributed by atoms with Gasteiger partial charge in [-0.3, -0.25) is 9.78 Å². The predicted octanol–water partition coefficient (Wildman–Crippen LogP) is 4.26. The first-order valence-electron chi connectivity index (χ1n) is 9.98. The second kappa shape index (κ2) is 9.58. The number of carbonyl (C=O) groups is 1. The van der Waals surface area contributed by atoms with E-state index in [4.69, 9.17) is 5.11 Å². The molecule has 0 atom stereocenters. The molecule has 0 fully saturated rings. The molecule has 0 amide bonds. The van der Waals surface area contributed by atoms with Crippen LogP contribution in [0, 0.1) is 17.1 Å². The van der Waals surface area contributed by atoms with Gasteiger partial charge in [-0.2, -0.15) is 10.4 Å². The van der Waals surface area contributed by atoms with E-state index in [0.717, 1.165) is 0 Å². The number of nitrogens with zero attached hydrogens (tertiary/aromatic N) is 3. The number of hydrazone groups is 1. The molecule has 0 spiro atoms. The van der Waals surface area contributed by atoms with Gasteiger partial charge in [0, 0.05) is 5.56 Å².